The molecule has 0 atom stereocenters. The summed E-state index contributed by atoms with van der Waals surface area (Å²) < 4.78 is 0. The first-order valence-electron chi connectivity index (χ1n) is 3.28. The topological polar surface area (TPSA) is 20.2 Å². The molecule has 2 heteroatoms. The molecule has 0 aromatic carbocycles. The summed E-state index contributed by atoms with van der Waals surface area (Å²) >= 11 is 0. The van der Waals surface area contributed by atoms with E-state index in [4.69, 9.17) is 0 Å². The van der Waals surface area contributed by atoms with Crippen LogP contribution >= 0.6 is 7.49 Å². The van der Waals surface area contributed by atoms with Gasteiger partial charge in [0.05, 0.1) is 0 Å². The molecule has 0 rings (SSSR count). The molecule has 0 aliphatic rings. The molecule has 0 bridgehead atoms. The Morgan fingerprint density at radius 2 is 1.88 bits per heavy atom. The Labute approximate surface area is 52.5 Å². The summed E-state index contributed by atoms with van der Waals surface area (Å²) in [6.07, 6.45) is 3.45. The molecule has 0 heterocycles. The number of rotatable bonds is 3. The summed E-state index contributed by atoms with van der Waals surface area (Å²) in [7, 11) is -1.68. The van der Waals surface area contributed by atoms with E-state index in [9.17, 15) is 4.89 Å². The van der Waals surface area contributed by atoms with Crippen LogP contribution in [0.2, 0.25) is 0 Å². The van der Waals surface area contributed by atoms with Crippen LogP contribution in [0.4, 0.5) is 0 Å². The molecule has 0 saturated carbocycles. The first kappa shape index (κ1) is 8.39. The van der Waals surface area contributed by atoms with Gasteiger partial charge in [0, 0.05) is 0 Å². The van der Waals surface area contributed by atoms with Crippen LogP contribution in [-0.2, 0) is 0 Å². The van der Waals surface area contributed by atoms with E-state index >= 15 is 0 Å². The second kappa shape index (κ2) is 3.42. The Hall–Kier alpha value is 0.390. The van der Waals surface area contributed by atoms with E-state index < -0.39 is 7.49 Å². The van der Waals surface area contributed by atoms with Gasteiger partial charge in [-0.05, 0) is 0 Å². The number of hydrogen-bond donors (Lipinski definition) is 1. The van der Waals surface area contributed by atoms with Gasteiger partial charge in [0.2, 0.25) is 0 Å². The predicted octanol–water partition coefficient (Wildman–Crippen LogP) is 1.70. The second-order valence-electron chi connectivity index (χ2n) is 2.92. The van der Waals surface area contributed by atoms with E-state index in [-0.39, 0.29) is 0 Å². The zero-order chi connectivity index (χ0) is 6.62. The summed E-state index contributed by atoms with van der Waals surface area (Å²) in [6, 6.07) is 0. The molecule has 0 aliphatic carbocycles. The van der Waals surface area contributed by atoms with Crippen LogP contribution in [0.1, 0.15) is 19.8 Å². The van der Waals surface area contributed by atoms with Crippen LogP contribution in [-0.4, -0.2) is 24.4 Å². The third-order valence-electron chi connectivity index (χ3n) is 1.14. The predicted molar refractivity (Wildman–Crippen MR) is 42.2 cm³/mol. The van der Waals surface area contributed by atoms with E-state index in [2.05, 4.69) is 6.92 Å². The molecule has 0 aromatic rings. The monoisotopic (exact) mass is 136 g/mol. The molecule has 1 nitrogen and oxygen atoms in total. The van der Waals surface area contributed by atoms with Crippen LogP contribution in [0.15, 0.2) is 0 Å². The summed E-state index contributed by atoms with van der Waals surface area (Å²) in [4.78, 5) is 9.29. The third kappa shape index (κ3) is 6.39. The van der Waals surface area contributed by atoms with Crippen LogP contribution in [0.25, 0.3) is 0 Å². The van der Waals surface area contributed by atoms with Crippen molar-refractivity contribution in [1.29, 1.82) is 0 Å². The molecule has 0 aromatic heterocycles. The van der Waals surface area contributed by atoms with E-state index in [0.717, 1.165) is 6.16 Å². The summed E-state index contributed by atoms with van der Waals surface area (Å²) in [5.74, 6) is 0. The first-order valence-corrected chi connectivity index (χ1v) is 6.44. The quantitative estimate of drug-likeness (QED) is 0.585. The molecule has 0 spiro atoms. The van der Waals surface area contributed by atoms with Crippen molar-refractivity contribution in [2.45, 2.75) is 19.8 Å². The zero-order valence-electron chi connectivity index (χ0n) is 6.07. The van der Waals surface area contributed by atoms with Crippen molar-refractivity contribution in [2.24, 2.45) is 0 Å². The standard InChI is InChI=1S/C6H17OP/c1-4-5-6-8(2,3)7/h7-8H,4-6H2,1-3H3. The summed E-state index contributed by atoms with van der Waals surface area (Å²) in [6.45, 7) is 6.13. The molecule has 0 aliphatic heterocycles. The average Bonchev–Trinajstić information content (AvgIpc) is 1.59. The Bertz CT molecular complexity index is 56.0. The van der Waals surface area contributed by atoms with Crippen molar-refractivity contribution >= 4 is 7.49 Å². The Morgan fingerprint density at radius 1 is 1.38 bits per heavy atom. The van der Waals surface area contributed by atoms with Crippen molar-refractivity contribution in [1.82, 2.24) is 0 Å². The van der Waals surface area contributed by atoms with Crippen molar-refractivity contribution in [2.75, 3.05) is 19.5 Å². The Kier molecular flexibility index (Phi) is 3.59. The maximum atomic E-state index is 9.29. The van der Waals surface area contributed by atoms with Crippen LogP contribution in [0.3, 0.4) is 0 Å². The Morgan fingerprint density at radius 3 is 2.00 bits per heavy atom. The van der Waals surface area contributed by atoms with Gasteiger partial charge in [-0.3, -0.25) is 0 Å². The van der Waals surface area contributed by atoms with Gasteiger partial charge < -0.3 is 0 Å². The maximum absolute atomic E-state index is 9.29. The van der Waals surface area contributed by atoms with Gasteiger partial charge in [-0.25, -0.2) is 0 Å². The van der Waals surface area contributed by atoms with E-state index in [0.29, 0.717) is 0 Å². The number of hydrogen-bond acceptors (Lipinski definition) is 1. The van der Waals surface area contributed by atoms with Crippen molar-refractivity contribution in [3.8, 4) is 0 Å². The summed E-state index contributed by atoms with van der Waals surface area (Å²) in [5, 5.41) is 0. The van der Waals surface area contributed by atoms with Gasteiger partial charge >= 0.3 is 51.6 Å². The van der Waals surface area contributed by atoms with E-state index in [1.165, 1.54) is 12.8 Å². The van der Waals surface area contributed by atoms with E-state index in [1.54, 1.807) is 0 Å². The average molecular weight is 136 g/mol. The van der Waals surface area contributed by atoms with Gasteiger partial charge in [-0.2, -0.15) is 0 Å². The zero-order valence-corrected chi connectivity index (χ0v) is 7.07. The molecule has 0 radical (unpaired) electrons. The normalized spacial score (nSPS) is 14.0. The van der Waals surface area contributed by atoms with Gasteiger partial charge in [0.1, 0.15) is 0 Å². The van der Waals surface area contributed by atoms with Crippen molar-refractivity contribution in [3.63, 3.8) is 0 Å². The van der Waals surface area contributed by atoms with Crippen LogP contribution in [0, 0.1) is 0 Å². The molecular weight excluding hydrogens is 119 g/mol. The minimum absolute atomic E-state index is 1.06. The fraction of sp³-hybridized carbons (Fsp3) is 1.00. The molecule has 1 N–H and O–H groups in total. The van der Waals surface area contributed by atoms with Gasteiger partial charge in [-0.15, -0.1) is 0 Å². The van der Waals surface area contributed by atoms with Gasteiger partial charge in [0.15, 0.2) is 0 Å². The van der Waals surface area contributed by atoms with Gasteiger partial charge in [0.25, 0.3) is 0 Å². The minimum atomic E-state index is -1.68. The third-order valence-corrected chi connectivity index (χ3v) is 2.72. The molecule has 0 amide bonds. The van der Waals surface area contributed by atoms with Crippen LogP contribution < -0.4 is 0 Å². The summed E-state index contributed by atoms with van der Waals surface area (Å²) in [5.41, 5.74) is 0. The molecule has 8 heavy (non-hydrogen) atoms. The molecule has 0 saturated heterocycles. The molecule has 0 unspecified atom stereocenters. The SMILES string of the molecule is CCCC[PH](C)(C)O. The first-order chi connectivity index (χ1) is 3.56. The molecular formula is C6H17OP. The molecule has 52 valence electrons. The number of unbranched alkanes of at least 4 members (excludes halogenated alkanes) is 1. The van der Waals surface area contributed by atoms with Crippen LogP contribution in [0.5, 0.6) is 0 Å². The fourth-order valence-electron chi connectivity index (χ4n) is 0.609. The Balaban J connectivity index is 3.11. The fourth-order valence-corrected chi connectivity index (χ4v) is 1.83. The molecule has 0 fully saturated rings. The van der Waals surface area contributed by atoms with Gasteiger partial charge in [-0.1, -0.05) is 0 Å². The van der Waals surface area contributed by atoms with E-state index in [1.807, 2.05) is 13.3 Å². The van der Waals surface area contributed by atoms with Crippen molar-refractivity contribution in [3.05, 3.63) is 0 Å². The second-order valence-corrected chi connectivity index (χ2v) is 7.04. The van der Waals surface area contributed by atoms with Crippen molar-refractivity contribution < 1.29 is 4.89 Å².